The number of benzene rings is 1. The maximum absolute atomic E-state index is 9.65. The van der Waals surface area contributed by atoms with Gasteiger partial charge in [-0.25, -0.2) is 0 Å². The second-order valence-electron chi connectivity index (χ2n) is 4.20. The van der Waals surface area contributed by atoms with E-state index < -0.39 is 6.10 Å². The molecule has 4 nitrogen and oxygen atoms in total. The monoisotopic (exact) mass is 274 g/mol. The molecule has 0 heterocycles. The van der Waals surface area contributed by atoms with Gasteiger partial charge in [0.25, 0.3) is 0 Å². The molecule has 0 aliphatic heterocycles. The van der Waals surface area contributed by atoms with Gasteiger partial charge in [0.1, 0.15) is 24.2 Å². The minimum Gasteiger partial charge on any atom is -1.00 e. The number of ether oxygens (including phenoxy) is 2. The van der Waals surface area contributed by atoms with Crippen molar-refractivity contribution in [1.29, 1.82) is 0 Å². The predicted octanol–water partition coefficient (Wildman–Crippen LogP) is -1.56. The Kier molecular flexibility index (Phi) is 8.54. The maximum Gasteiger partial charge on any atom is 0.119 e. The summed E-state index contributed by atoms with van der Waals surface area (Å²) in [6, 6.07) is 7.66. The highest BCUT2D eigenvalue weighted by molar-refractivity contribution is 5.31. The molecule has 0 aliphatic carbocycles. The Balaban J connectivity index is 0.00000289. The molecule has 18 heavy (non-hydrogen) atoms. The van der Waals surface area contributed by atoms with Gasteiger partial charge in [-0.05, 0) is 24.3 Å². The summed E-state index contributed by atoms with van der Waals surface area (Å²) in [6.45, 7) is 4.90. The number of halogens is 1. The molecule has 0 radical (unpaired) electrons. The average molecular weight is 275 g/mol. The Labute approximate surface area is 115 Å². The molecule has 1 rings (SSSR count). The summed E-state index contributed by atoms with van der Waals surface area (Å²) in [4.78, 5) is 0. The first-order chi connectivity index (χ1) is 8.11. The SMILES string of the molecule is COc1ccc(OCC(O)CNC(C)C)cc1.[Cl-]. The maximum atomic E-state index is 9.65. The van der Waals surface area contributed by atoms with Gasteiger partial charge in [-0.3, -0.25) is 0 Å². The third-order valence-electron chi connectivity index (χ3n) is 2.26. The number of aliphatic hydroxyl groups excluding tert-OH is 1. The standard InChI is InChI=1S/C13H21NO3.ClH/c1-10(2)14-8-11(15)9-17-13-6-4-12(16-3)5-7-13;/h4-7,10-11,14-15H,8-9H2,1-3H3;1H/p-1. The van der Waals surface area contributed by atoms with E-state index in [0.717, 1.165) is 11.5 Å². The highest BCUT2D eigenvalue weighted by atomic mass is 35.5. The molecule has 1 unspecified atom stereocenters. The summed E-state index contributed by atoms with van der Waals surface area (Å²) < 4.78 is 10.5. The van der Waals surface area contributed by atoms with E-state index in [-0.39, 0.29) is 19.0 Å². The van der Waals surface area contributed by atoms with Gasteiger partial charge in [-0.2, -0.15) is 0 Å². The van der Waals surface area contributed by atoms with Gasteiger partial charge >= 0.3 is 0 Å². The molecule has 0 spiro atoms. The number of methoxy groups -OCH3 is 1. The minimum absolute atomic E-state index is 0. The molecule has 0 saturated carbocycles. The Morgan fingerprint density at radius 1 is 1.17 bits per heavy atom. The summed E-state index contributed by atoms with van der Waals surface area (Å²) >= 11 is 0. The molecular weight excluding hydrogens is 254 g/mol. The van der Waals surface area contributed by atoms with E-state index in [1.165, 1.54) is 0 Å². The number of hydrogen-bond acceptors (Lipinski definition) is 4. The first-order valence-corrected chi connectivity index (χ1v) is 5.80. The lowest BCUT2D eigenvalue weighted by molar-refractivity contribution is -0.00000580. The minimum atomic E-state index is -0.500. The topological polar surface area (TPSA) is 50.7 Å². The number of aliphatic hydroxyl groups is 1. The molecule has 0 aliphatic rings. The van der Waals surface area contributed by atoms with Crippen LogP contribution < -0.4 is 27.2 Å². The molecular formula is C13H21ClNO3-. The largest absolute Gasteiger partial charge is 1.00 e. The fourth-order valence-electron chi connectivity index (χ4n) is 1.30. The van der Waals surface area contributed by atoms with Crippen molar-refractivity contribution in [2.75, 3.05) is 20.3 Å². The van der Waals surface area contributed by atoms with Crippen LogP contribution in [0.4, 0.5) is 0 Å². The molecule has 1 aromatic carbocycles. The van der Waals surface area contributed by atoms with Crippen LogP contribution in [0.3, 0.4) is 0 Å². The van der Waals surface area contributed by atoms with Crippen molar-refractivity contribution in [3.8, 4) is 11.5 Å². The summed E-state index contributed by atoms with van der Waals surface area (Å²) in [6.07, 6.45) is -0.500. The average Bonchev–Trinajstić information content (AvgIpc) is 2.34. The highest BCUT2D eigenvalue weighted by Crippen LogP contribution is 2.16. The summed E-state index contributed by atoms with van der Waals surface area (Å²) in [5.74, 6) is 1.52. The smallest absolute Gasteiger partial charge is 0.119 e. The van der Waals surface area contributed by atoms with Gasteiger partial charge in [0.15, 0.2) is 0 Å². The molecule has 1 aromatic rings. The Morgan fingerprint density at radius 3 is 2.22 bits per heavy atom. The van der Waals surface area contributed by atoms with Gasteiger partial charge in [0.2, 0.25) is 0 Å². The molecule has 5 heteroatoms. The molecule has 0 aromatic heterocycles. The van der Waals surface area contributed by atoms with Crippen molar-refractivity contribution in [2.45, 2.75) is 26.0 Å². The first-order valence-electron chi connectivity index (χ1n) is 5.80. The Hall–Kier alpha value is -0.970. The highest BCUT2D eigenvalue weighted by Gasteiger charge is 2.05. The quantitative estimate of drug-likeness (QED) is 0.631. The predicted molar refractivity (Wildman–Crippen MR) is 67.6 cm³/mol. The lowest BCUT2D eigenvalue weighted by Gasteiger charge is -2.15. The second-order valence-corrected chi connectivity index (χ2v) is 4.20. The summed E-state index contributed by atoms with van der Waals surface area (Å²) in [5, 5.41) is 12.8. The molecule has 0 saturated heterocycles. The lowest BCUT2D eigenvalue weighted by atomic mass is 10.3. The van der Waals surface area contributed by atoms with Crippen LogP contribution in [0.1, 0.15) is 13.8 Å². The van der Waals surface area contributed by atoms with E-state index >= 15 is 0 Å². The molecule has 0 bridgehead atoms. The van der Waals surface area contributed by atoms with Crippen LogP contribution in [0, 0.1) is 0 Å². The van der Waals surface area contributed by atoms with Gasteiger partial charge in [-0.1, -0.05) is 13.8 Å². The molecule has 0 fully saturated rings. The van der Waals surface area contributed by atoms with E-state index in [2.05, 4.69) is 5.32 Å². The first kappa shape index (κ1) is 17.0. The molecule has 104 valence electrons. The van der Waals surface area contributed by atoms with Crippen molar-refractivity contribution in [3.63, 3.8) is 0 Å². The van der Waals surface area contributed by atoms with Crippen LogP contribution in [-0.2, 0) is 0 Å². The van der Waals surface area contributed by atoms with Crippen LogP contribution in [0.5, 0.6) is 11.5 Å². The zero-order valence-corrected chi connectivity index (χ0v) is 11.8. The van der Waals surface area contributed by atoms with Crippen LogP contribution in [0.2, 0.25) is 0 Å². The number of rotatable bonds is 7. The van der Waals surface area contributed by atoms with Crippen LogP contribution in [0.15, 0.2) is 24.3 Å². The zero-order valence-electron chi connectivity index (χ0n) is 11.0. The summed E-state index contributed by atoms with van der Waals surface area (Å²) in [7, 11) is 1.62. The fourth-order valence-corrected chi connectivity index (χ4v) is 1.30. The van der Waals surface area contributed by atoms with Crippen molar-refractivity contribution in [3.05, 3.63) is 24.3 Å². The third kappa shape index (κ3) is 6.69. The zero-order chi connectivity index (χ0) is 12.7. The van der Waals surface area contributed by atoms with Crippen molar-refractivity contribution in [1.82, 2.24) is 5.32 Å². The van der Waals surface area contributed by atoms with E-state index in [9.17, 15) is 5.11 Å². The van der Waals surface area contributed by atoms with Gasteiger partial charge in [0, 0.05) is 12.6 Å². The number of hydrogen-bond donors (Lipinski definition) is 2. The van der Waals surface area contributed by atoms with Gasteiger partial charge in [0.05, 0.1) is 7.11 Å². The van der Waals surface area contributed by atoms with Crippen LogP contribution >= 0.6 is 0 Å². The van der Waals surface area contributed by atoms with Crippen molar-refractivity contribution in [2.24, 2.45) is 0 Å². The summed E-state index contributed by atoms with van der Waals surface area (Å²) in [5.41, 5.74) is 0. The normalized spacial score (nSPS) is 11.8. The Bertz CT molecular complexity index is 317. The van der Waals surface area contributed by atoms with E-state index in [1.54, 1.807) is 7.11 Å². The van der Waals surface area contributed by atoms with Crippen molar-refractivity contribution < 1.29 is 27.0 Å². The van der Waals surface area contributed by atoms with Crippen molar-refractivity contribution >= 4 is 0 Å². The van der Waals surface area contributed by atoms with Gasteiger partial charge < -0.3 is 32.3 Å². The van der Waals surface area contributed by atoms with E-state index in [1.807, 2.05) is 38.1 Å². The van der Waals surface area contributed by atoms with E-state index in [4.69, 9.17) is 9.47 Å². The Morgan fingerprint density at radius 2 is 1.72 bits per heavy atom. The van der Waals surface area contributed by atoms with E-state index in [0.29, 0.717) is 12.6 Å². The van der Waals surface area contributed by atoms with Gasteiger partial charge in [-0.15, -0.1) is 0 Å². The number of nitrogens with one attached hydrogen (secondary N) is 1. The molecule has 1 atom stereocenters. The lowest BCUT2D eigenvalue weighted by Crippen LogP contribution is -3.00. The molecule has 0 amide bonds. The fraction of sp³-hybridized carbons (Fsp3) is 0.538. The van der Waals surface area contributed by atoms with Crippen LogP contribution in [0.25, 0.3) is 0 Å². The molecule has 2 N–H and O–H groups in total. The third-order valence-corrected chi connectivity index (χ3v) is 2.26. The second kappa shape index (κ2) is 9.03. The van der Waals surface area contributed by atoms with Crippen LogP contribution in [-0.4, -0.2) is 37.5 Å².